The smallest absolute Gasteiger partial charge is 0.247 e. The van der Waals surface area contributed by atoms with Gasteiger partial charge in [-0.2, -0.15) is 9.67 Å². The molecular weight excluding hydrogens is 242 g/mol. The Bertz CT molecular complexity index is 680. The van der Waals surface area contributed by atoms with Crippen LogP contribution in [0.2, 0.25) is 0 Å². The molecule has 96 valence electrons. The second kappa shape index (κ2) is 5.01. The predicted octanol–water partition coefficient (Wildman–Crippen LogP) is 2.00. The highest BCUT2D eigenvalue weighted by molar-refractivity contribution is 5.76. The van der Waals surface area contributed by atoms with Gasteiger partial charge in [-0.15, -0.1) is 5.10 Å². The number of hydrogen-bond acceptors (Lipinski definition) is 5. The molecule has 0 radical (unpaired) electrons. The fourth-order valence-corrected chi connectivity index (χ4v) is 1.78. The lowest BCUT2D eigenvalue weighted by molar-refractivity contribution is 0.308. The van der Waals surface area contributed by atoms with Gasteiger partial charge in [0.25, 0.3) is 0 Å². The van der Waals surface area contributed by atoms with Gasteiger partial charge in [0.1, 0.15) is 6.33 Å². The molecule has 0 unspecified atom stereocenters. The zero-order valence-electron chi connectivity index (χ0n) is 10.5. The third-order valence-corrected chi connectivity index (χ3v) is 2.65. The van der Waals surface area contributed by atoms with Crippen molar-refractivity contribution in [3.8, 4) is 11.6 Å². The van der Waals surface area contributed by atoms with Gasteiger partial charge < -0.3 is 4.74 Å². The van der Waals surface area contributed by atoms with Crippen LogP contribution in [-0.4, -0.2) is 31.6 Å². The molecule has 0 aliphatic rings. The van der Waals surface area contributed by atoms with Gasteiger partial charge in [0.05, 0.1) is 12.3 Å². The van der Waals surface area contributed by atoms with Crippen molar-refractivity contribution in [1.82, 2.24) is 25.0 Å². The monoisotopic (exact) mass is 255 g/mol. The highest BCUT2D eigenvalue weighted by Gasteiger charge is 2.13. The molecule has 6 nitrogen and oxygen atoms in total. The van der Waals surface area contributed by atoms with Crippen LogP contribution >= 0.6 is 0 Å². The second-order valence-corrected chi connectivity index (χ2v) is 4.04. The molecule has 0 spiro atoms. The van der Waals surface area contributed by atoms with Crippen LogP contribution < -0.4 is 4.74 Å². The summed E-state index contributed by atoms with van der Waals surface area (Å²) >= 11 is 0. The molecule has 0 saturated heterocycles. The van der Waals surface area contributed by atoms with E-state index in [2.05, 4.69) is 20.3 Å². The third-order valence-electron chi connectivity index (χ3n) is 2.65. The Hall–Kier alpha value is -2.50. The van der Waals surface area contributed by atoms with Crippen molar-refractivity contribution < 1.29 is 4.74 Å². The standard InChI is InChI=1S/C13H13N5O/c1-2-8-19-13-11-12(14-9-15-13)18(17-16-11)10-6-4-3-5-7-10/h3-7,9H,2,8H2,1H3. The Labute approximate surface area is 110 Å². The number of hydrogen-bond donors (Lipinski definition) is 0. The normalized spacial score (nSPS) is 10.8. The van der Waals surface area contributed by atoms with Crippen LogP contribution in [0.25, 0.3) is 16.9 Å². The van der Waals surface area contributed by atoms with Crippen molar-refractivity contribution in [1.29, 1.82) is 0 Å². The highest BCUT2D eigenvalue weighted by atomic mass is 16.5. The maximum absolute atomic E-state index is 5.55. The molecular formula is C13H13N5O. The van der Waals surface area contributed by atoms with E-state index >= 15 is 0 Å². The van der Waals surface area contributed by atoms with Crippen LogP contribution in [0, 0.1) is 0 Å². The molecule has 0 atom stereocenters. The molecule has 3 rings (SSSR count). The van der Waals surface area contributed by atoms with E-state index in [-0.39, 0.29) is 0 Å². The molecule has 1 aromatic carbocycles. The summed E-state index contributed by atoms with van der Waals surface area (Å²) in [6, 6.07) is 9.73. The number of benzene rings is 1. The number of rotatable bonds is 4. The minimum Gasteiger partial charge on any atom is -0.476 e. The first kappa shape index (κ1) is 11.6. The van der Waals surface area contributed by atoms with E-state index in [0.29, 0.717) is 23.7 Å². The van der Waals surface area contributed by atoms with Crippen LogP contribution in [-0.2, 0) is 0 Å². The average molecular weight is 255 g/mol. The summed E-state index contributed by atoms with van der Waals surface area (Å²) in [7, 11) is 0. The maximum Gasteiger partial charge on any atom is 0.247 e. The maximum atomic E-state index is 5.55. The molecule has 3 aromatic rings. The zero-order valence-corrected chi connectivity index (χ0v) is 10.5. The van der Waals surface area contributed by atoms with Crippen LogP contribution in [0.5, 0.6) is 5.88 Å². The Morgan fingerprint density at radius 3 is 2.79 bits per heavy atom. The Kier molecular flexibility index (Phi) is 3.06. The quantitative estimate of drug-likeness (QED) is 0.713. The third kappa shape index (κ3) is 2.12. The fraction of sp³-hybridized carbons (Fsp3) is 0.231. The Morgan fingerprint density at radius 1 is 1.16 bits per heavy atom. The molecule has 0 saturated carbocycles. The topological polar surface area (TPSA) is 65.7 Å². The molecule has 0 aliphatic carbocycles. The van der Waals surface area contributed by atoms with E-state index in [1.165, 1.54) is 6.33 Å². The summed E-state index contributed by atoms with van der Waals surface area (Å²) in [6.45, 7) is 2.64. The lowest BCUT2D eigenvalue weighted by Crippen LogP contribution is -2.00. The van der Waals surface area contributed by atoms with Crippen LogP contribution in [0.15, 0.2) is 36.7 Å². The van der Waals surface area contributed by atoms with Gasteiger partial charge in [0, 0.05) is 0 Å². The first-order chi connectivity index (χ1) is 9.40. The number of ether oxygens (including phenoxy) is 1. The first-order valence-electron chi connectivity index (χ1n) is 6.15. The summed E-state index contributed by atoms with van der Waals surface area (Å²) in [6.07, 6.45) is 2.38. The molecule has 2 heterocycles. The van der Waals surface area contributed by atoms with E-state index in [1.807, 2.05) is 37.3 Å². The van der Waals surface area contributed by atoms with Crippen LogP contribution in [0.3, 0.4) is 0 Å². The van der Waals surface area contributed by atoms with Crippen molar-refractivity contribution in [2.75, 3.05) is 6.61 Å². The average Bonchev–Trinajstić information content (AvgIpc) is 2.90. The van der Waals surface area contributed by atoms with Crippen LogP contribution in [0.4, 0.5) is 0 Å². The summed E-state index contributed by atoms with van der Waals surface area (Å²) in [4.78, 5) is 8.34. The minimum atomic E-state index is 0.481. The summed E-state index contributed by atoms with van der Waals surface area (Å²) in [5.74, 6) is 0.481. The van der Waals surface area contributed by atoms with Gasteiger partial charge in [0.15, 0.2) is 11.2 Å². The van der Waals surface area contributed by atoms with E-state index in [0.717, 1.165) is 12.1 Å². The number of nitrogens with zero attached hydrogens (tertiary/aromatic N) is 5. The molecule has 0 amide bonds. The van der Waals surface area contributed by atoms with Crippen molar-refractivity contribution in [2.45, 2.75) is 13.3 Å². The minimum absolute atomic E-state index is 0.481. The van der Waals surface area contributed by atoms with Gasteiger partial charge in [-0.1, -0.05) is 30.3 Å². The molecule has 6 heteroatoms. The zero-order chi connectivity index (χ0) is 13.1. The van der Waals surface area contributed by atoms with Crippen molar-refractivity contribution >= 4 is 11.2 Å². The van der Waals surface area contributed by atoms with Gasteiger partial charge in [-0.25, -0.2) is 4.98 Å². The predicted molar refractivity (Wildman–Crippen MR) is 70.2 cm³/mol. The largest absolute Gasteiger partial charge is 0.476 e. The SMILES string of the molecule is CCCOc1ncnc2c1nnn2-c1ccccc1. The molecule has 0 bridgehead atoms. The second-order valence-electron chi connectivity index (χ2n) is 4.04. The van der Waals surface area contributed by atoms with Crippen molar-refractivity contribution in [3.63, 3.8) is 0 Å². The van der Waals surface area contributed by atoms with E-state index in [1.54, 1.807) is 4.68 Å². The van der Waals surface area contributed by atoms with E-state index < -0.39 is 0 Å². The van der Waals surface area contributed by atoms with Gasteiger partial charge >= 0.3 is 0 Å². The summed E-state index contributed by atoms with van der Waals surface area (Å²) in [5, 5.41) is 8.23. The molecule has 19 heavy (non-hydrogen) atoms. The number of para-hydroxylation sites is 1. The molecule has 0 N–H and O–H groups in total. The van der Waals surface area contributed by atoms with Gasteiger partial charge in [-0.3, -0.25) is 0 Å². The summed E-state index contributed by atoms with van der Waals surface area (Å²) in [5.41, 5.74) is 2.14. The Morgan fingerprint density at radius 2 is 2.00 bits per heavy atom. The fourth-order valence-electron chi connectivity index (χ4n) is 1.78. The van der Waals surface area contributed by atoms with Gasteiger partial charge in [-0.05, 0) is 18.6 Å². The Balaban J connectivity index is 2.09. The lowest BCUT2D eigenvalue weighted by atomic mass is 10.3. The first-order valence-corrected chi connectivity index (χ1v) is 6.15. The number of fused-ring (bicyclic) bond motifs is 1. The lowest BCUT2D eigenvalue weighted by Gasteiger charge is -2.03. The van der Waals surface area contributed by atoms with E-state index in [9.17, 15) is 0 Å². The molecule has 2 aromatic heterocycles. The van der Waals surface area contributed by atoms with Gasteiger partial charge in [0.2, 0.25) is 5.88 Å². The van der Waals surface area contributed by atoms with E-state index in [4.69, 9.17) is 4.74 Å². The van der Waals surface area contributed by atoms with Crippen LogP contribution in [0.1, 0.15) is 13.3 Å². The number of aromatic nitrogens is 5. The highest BCUT2D eigenvalue weighted by Crippen LogP contribution is 2.20. The van der Waals surface area contributed by atoms with Crippen molar-refractivity contribution in [2.24, 2.45) is 0 Å². The molecule has 0 aliphatic heterocycles. The van der Waals surface area contributed by atoms with Crippen molar-refractivity contribution in [3.05, 3.63) is 36.7 Å². The molecule has 0 fully saturated rings. The summed E-state index contributed by atoms with van der Waals surface area (Å²) < 4.78 is 7.23.